The van der Waals surface area contributed by atoms with Crippen molar-refractivity contribution in [3.05, 3.63) is 6.42 Å². The first-order valence-corrected chi connectivity index (χ1v) is 6.01. The average molecular weight is 265 g/mol. The Kier molecular flexibility index (Phi) is 3.24. The molecule has 1 radical (unpaired) electrons. The third kappa shape index (κ3) is 1.73. The summed E-state index contributed by atoms with van der Waals surface area (Å²) in [5.74, 6) is 1.81. The first-order chi connectivity index (χ1) is 5.12. The van der Waals surface area contributed by atoms with Crippen molar-refractivity contribution in [1.82, 2.24) is 0 Å². The molecule has 2 atom stereocenters. The van der Waals surface area contributed by atoms with E-state index in [2.05, 4.69) is 49.8 Å². The average Bonchev–Trinajstić information content (AvgIpc) is 2.24. The zero-order chi connectivity index (χ0) is 8.48. The van der Waals surface area contributed by atoms with E-state index in [9.17, 15) is 0 Å². The molecule has 1 heteroatoms. The maximum absolute atomic E-state index is 2.53. The van der Waals surface area contributed by atoms with E-state index in [1.165, 1.54) is 17.3 Å². The van der Waals surface area contributed by atoms with Gasteiger partial charge in [0, 0.05) is 4.43 Å². The van der Waals surface area contributed by atoms with Crippen molar-refractivity contribution in [2.75, 3.05) is 4.43 Å². The summed E-state index contributed by atoms with van der Waals surface area (Å²) in [4.78, 5) is 0. The van der Waals surface area contributed by atoms with Crippen LogP contribution in [0.3, 0.4) is 0 Å². The molecular weight excluding hydrogens is 247 g/mol. The second-order valence-corrected chi connectivity index (χ2v) is 5.07. The van der Waals surface area contributed by atoms with Gasteiger partial charge < -0.3 is 0 Å². The zero-order valence-corrected chi connectivity index (χ0v) is 9.89. The van der Waals surface area contributed by atoms with Gasteiger partial charge in [0.15, 0.2) is 0 Å². The molecule has 1 saturated carbocycles. The molecule has 0 aromatic carbocycles. The first kappa shape index (κ1) is 9.82. The highest BCUT2D eigenvalue weighted by Crippen LogP contribution is 2.48. The van der Waals surface area contributed by atoms with Gasteiger partial charge in [-0.1, -0.05) is 43.4 Å². The Hall–Kier alpha value is 0.730. The molecule has 1 fully saturated rings. The third-order valence-electron chi connectivity index (χ3n) is 3.42. The summed E-state index contributed by atoms with van der Waals surface area (Å²) in [6.07, 6.45) is 5.24. The minimum absolute atomic E-state index is 0.565. The normalized spacial score (nSPS) is 36.0. The van der Waals surface area contributed by atoms with Crippen molar-refractivity contribution in [3.8, 4) is 0 Å². The molecule has 0 aromatic rings. The Bertz CT molecular complexity index is 115. The van der Waals surface area contributed by atoms with Crippen LogP contribution in [-0.4, -0.2) is 4.43 Å². The second kappa shape index (κ2) is 3.63. The molecule has 1 aliphatic carbocycles. The zero-order valence-electron chi connectivity index (χ0n) is 7.73. The number of rotatable bonds is 2. The molecule has 0 spiro atoms. The molecule has 0 aliphatic heterocycles. The number of hydrogen-bond acceptors (Lipinski definition) is 0. The van der Waals surface area contributed by atoms with Gasteiger partial charge in [-0.15, -0.1) is 0 Å². The lowest BCUT2D eigenvalue weighted by atomic mass is 9.75. The molecule has 0 N–H and O–H groups in total. The fourth-order valence-corrected chi connectivity index (χ4v) is 3.88. The van der Waals surface area contributed by atoms with Gasteiger partial charge in [0.05, 0.1) is 0 Å². The Labute approximate surface area is 84.3 Å². The van der Waals surface area contributed by atoms with E-state index >= 15 is 0 Å². The smallest absolute Gasteiger partial charge is 0.00289 e. The maximum Gasteiger partial charge on any atom is 0.00289 e. The predicted octanol–water partition coefficient (Wildman–Crippen LogP) is 3.70. The molecule has 0 heterocycles. The minimum atomic E-state index is 0.565. The topological polar surface area (TPSA) is 0 Å². The van der Waals surface area contributed by atoms with E-state index < -0.39 is 0 Å². The summed E-state index contributed by atoms with van der Waals surface area (Å²) < 4.78 is 1.33. The van der Waals surface area contributed by atoms with Gasteiger partial charge in [-0.05, 0) is 36.5 Å². The van der Waals surface area contributed by atoms with E-state index in [1.807, 2.05) is 0 Å². The van der Waals surface area contributed by atoms with E-state index in [1.54, 1.807) is 0 Å². The second-order valence-electron chi connectivity index (χ2n) is 4.19. The van der Waals surface area contributed by atoms with Crippen molar-refractivity contribution in [3.63, 3.8) is 0 Å². The Morgan fingerprint density at radius 1 is 1.45 bits per heavy atom. The summed E-state index contributed by atoms with van der Waals surface area (Å²) in [6.45, 7) is 7.06. The Morgan fingerprint density at radius 3 is 2.36 bits per heavy atom. The Balaban J connectivity index is 2.64. The van der Waals surface area contributed by atoms with Crippen LogP contribution < -0.4 is 0 Å². The van der Waals surface area contributed by atoms with Gasteiger partial charge in [-0.3, -0.25) is 0 Å². The first-order valence-electron chi connectivity index (χ1n) is 4.48. The van der Waals surface area contributed by atoms with Crippen LogP contribution in [0.25, 0.3) is 0 Å². The van der Waals surface area contributed by atoms with Crippen LogP contribution >= 0.6 is 22.6 Å². The van der Waals surface area contributed by atoms with Gasteiger partial charge in [-0.25, -0.2) is 0 Å². The highest BCUT2D eigenvalue weighted by Gasteiger charge is 2.40. The minimum Gasteiger partial charge on any atom is -0.0861 e. The number of halogens is 1. The quantitative estimate of drug-likeness (QED) is 0.527. The summed E-state index contributed by atoms with van der Waals surface area (Å²) in [6, 6.07) is 0. The number of alkyl halides is 1. The molecule has 0 bridgehead atoms. The molecule has 0 nitrogen and oxygen atoms in total. The van der Waals surface area contributed by atoms with Crippen molar-refractivity contribution in [1.29, 1.82) is 0 Å². The fourth-order valence-electron chi connectivity index (χ4n) is 2.30. The van der Waals surface area contributed by atoms with Crippen molar-refractivity contribution in [2.45, 2.75) is 33.6 Å². The molecule has 1 rings (SSSR count). The van der Waals surface area contributed by atoms with Crippen LogP contribution in [0.15, 0.2) is 0 Å². The van der Waals surface area contributed by atoms with Gasteiger partial charge in [0.25, 0.3) is 0 Å². The maximum atomic E-state index is 2.53. The summed E-state index contributed by atoms with van der Waals surface area (Å²) >= 11 is 2.53. The number of hydrogen-bond donors (Lipinski definition) is 0. The van der Waals surface area contributed by atoms with Crippen LogP contribution in [0.2, 0.25) is 0 Å². The summed E-state index contributed by atoms with van der Waals surface area (Å²) in [5, 5.41) is 0. The van der Waals surface area contributed by atoms with Crippen LogP contribution in [0, 0.1) is 23.7 Å². The van der Waals surface area contributed by atoms with E-state index in [0.717, 1.165) is 11.8 Å². The van der Waals surface area contributed by atoms with Crippen molar-refractivity contribution >= 4 is 22.6 Å². The van der Waals surface area contributed by atoms with E-state index in [4.69, 9.17) is 0 Å². The molecule has 0 saturated heterocycles. The SMILES string of the molecule is C[CH]C1CCC(CI)C1(C)C. The lowest BCUT2D eigenvalue weighted by Crippen LogP contribution is -2.25. The molecule has 2 unspecified atom stereocenters. The van der Waals surface area contributed by atoms with E-state index in [0.29, 0.717) is 5.41 Å². The van der Waals surface area contributed by atoms with Gasteiger partial charge >= 0.3 is 0 Å². The lowest BCUT2D eigenvalue weighted by molar-refractivity contribution is 0.227. The fraction of sp³-hybridized carbons (Fsp3) is 0.900. The molecule has 1 aliphatic rings. The van der Waals surface area contributed by atoms with Gasteiger partial charge in [0.2, 0.25) is 0 Å². The van der Waals surface area contributed by atoms with Crippen LogP contribution in [0.1, 0.15) is 33.6 Å². The van der Waals surface area contributed by atoms with Crippen LogP contribution in [0.4, 0.5) is 0 Å². The summed E-state index contributed by atoms with van der Waals surface area (Å²) in [5.41, 5.74) is 0.565. The van der Waals surface area contributed by atoms with Gasteiger partial charge in [0.1, 0.15) is 0 Å². The standard InChI is InChI=1S/C10H18I/c1-4-8-5-6-9(7-11)10(8,2)3/h4,8-9H,5-7H2,1-3H3. The molecule has 0 amide bonds. The highest BCUT2D eigenvalue weighted by molar-refractivity contribution is 14.1. The predicted molar refractivity (Wildman–Crippen MR) is 58.9 cm³/mol. The monoisotopic (exact) mass is 265 g/mol. The molecule has 11 heavy (non-hydrogen) atoms. The van der Waals surface area contributed by atoms with Crippen molar-refractivity contribution in [2.24, 2.45) is 17.3 Å². The van der Waals surface area contributed by atoms with E-state index in [-0.39, 0.29) is 0 Å². The molecule has 0 aromatic heterocycles. The summed E-state index contributed by atoms with van der Waals surface area (Å²) in [7, 11) is 0. The largest absolute Gasteiger partial charge is 0.0861 e. The highest BCUT2D eigenvalue weighted by atomic mass is 127. The lowest BCUT2D eigenvalue weighted by Gasteiger charge is -2.31. The Morgan fingerprint density at radius 2 is 2.09 bits per heavy atom. The van der Waals surface area contributed by atoms with Crippen LogP contribution in [0.5, 0.6) is 0 Å². The van der Waals surface area contributed by atoms with Crippen LogP contribution in [-0.2, 0) is 0 Å². The molecule has 65 valence electrons. The molecular formula is C10H18I. The van der Waals surface area contributed by atoms with Gasteiger partial charge in [-0.2, -0.15) is 0 Å². The third-order valence-corrected chi connectivity index (χ3v) is 4.49. The van der Waals surface area contributed by atoms with Crippen molar-refractivity contribution < 1.29 is 0 Å².